The van der Waals surface area contributed by atoms with Gasteiger partial charge in [0.2, 0.25) is 0 Å². The number of nitrogens with one attached hydrogen (secondary N) is 2. The second-order valence-corrected chi connectivity index (χ2v) is 5.43. The summed E-state index contributed by atoms with van der Waals surface area (Å²) >= 11 is 0. The highest BCUT2D eigenvalue weighted by atomic mass is 16.5. The Labute approximate surface area is 151 Å². The molecule has 7 heteroatoms. The van der Waals surface area contributed by atoms with Crippen molar-refractivity contribution < 1.29 is 23.9 Å². The molecule has 2 amide bonds. The van der Waals surface area contributed by atoms with Crippen LogP contribution in [0.15, 0.2) is 54.6 Å². The van der Waals surface area contributed by atoms with E-state index in [1.807, 2.05) is 30.3 Å². The minimum absolute atomic E-state index is 0.321. The molecular formula is C19H20N2O5. The SMILES string of the molecule is COC(=O)Nc1ccc(C(=O)NC(Cc2ccccc2)C(=O)OC)cc1. The fourth-order valence-electron chi connectivity index (χ4n) is 2.30. The van der Waals surface area contributed by atoms with Gasteiger partial charge >= 0.3 is 12.1 Å². The van der Waals surface area contributed by atoms with Gasteiger partial charge < -0.3 is 14.8 Å². The van der Waals surface area contributed by atoms with Crippen LogP contribution in [0.2, 0.25) is 0 Å². The van der Waals surface area contributed by atoms with Crippen molar-refractivity contribution in [3.8, 4) is 0 Å². The lowest BCUT2D eigenvalue weighted by molar-refractivity contribution is -0.142. The number of anilines is 1. The minimum atomic E-state index is -0.803. The van der Waals surface area contributed by atoms with Gasteiger partial charge in [-0.1, -0.05) is 30.3 Å². The molecule has 2 aromatic carbocycles. The second kappa shape index (κ2) is 9.22. The standard InChI is InChI=1S/C19H20N2O5/c1-25-18(23)16(12-13-6-4-3-5-7-13)21-17(22)14-8-10-15(11-9-14)20-19(24)26-2/h3-11,16H,12H2,1-2H3,(H,20,24)(H,21,22). The molecule has 0 aromatic heterocycles. The predicted octanol–water partition coefficient (Wildman–Crippen LogP) is 2.38. The Bertz CT molecular complexity index is 759. The van der Waals surface area contributed by atoms with Crippen molar-refractivity contribution >= 4 is 23.7 Å². The van der Waals surface area contributed by atoms with Crippen molar-refractivity contribution in [3.05, 3.63) is 65.7 Å². The molecule has 0 heterocycles. The van der Waals surface area contributed by atoms with Crippen LogP contribution in [0.5, 0.6) is 0 Å². The van der Waals surface area contributed by atoms with E-state index in [1.54, 1.807) is 12.1 Å². The van der Waals surface area contributed by atoms with Crippen LogP contribution in [-0.4, -0.2) is 38.2 Å². The molecule has 2 rings (SSSR count). The van der Waals surface area contributed by atoms with Crippen molar-refractivity contribution in [2.24, 2.45) is 0 Å². The minimum Gasteiger partial charge on any atom is -0.467 e. The zero-order valence-corrected chi connectivity index (χ0v) is 14.5. The highest BCUT2D eigenvalue weighted by Gasteiger charge is 2.22. The largest absolute Gasteiger partial charge is 0.467 e. The van der Waals surface area contributed by atoms with Crippen LogP contribution >= 0.6 is 0 Å². The van der Waals surface area contributed by atoms with Crippen LogP contribution < -0.4 is 10.6 Å². The van der Waals surface area contributed by atoms with Crippen LogP contribution in [0.3, 0.4) is 0 Å². The molecule has 1 atom stereocenters. The summed E-state index contributed by atoms with van der Waals surface area (Å²) < 4.78 is 9.28. The van der Waals surface area contributed by atoms with Crippen molar-refractivity contribution in [2.45, 2.75) is 12.5 Å². The number of benzene rings is 2. The summed E-state index contributed by atoms with van der Waals surface area (Å²) in [5.41, 5.74) is 1.74. The van der Waals surface area contributed by atoms with Crippen molar-refractivity contribution in [1.82, 2.24) is 5.32 Å². The van der Waals surface area contributed by atoms with Crippen molar-refractivity contribution in [3.63, 3.8) is 0 Å². The zero-order valence-electron chi connectivity index (χ0n) is 14.5. The molecule has 2 N–H and O–H groups in total. The smallest absolute Gasteiger partial charge is 0.411 e. The van der Waals surface area contributed by atoms with Gasteiger partial charge in [0.15, 0.2) is 0 Å². The maximum Gasteiger partial charge on any atom is 0.411 e. The number of amides is 2. The molecule has 1 unspecified atom stereocenters. The van der Waals surface area contributed by atoms with Crippen LogP contribution in [0.1, 0.15) is 15.9 Å². The molecule has 0 saturated heterocycles. The number of carbonyl (C=O) groups excluding carboxylic acids is 3. The third-order valence-electron chi connectivity index (χ3n) is 3.65. The van der Waals surface area contributed by atoms with E-state index < -0.39 is 24.0 Å². The van der Waals surface area contributed by atoms with E-state index in [9.17, 15) is 14.4 Å². The number of hydrogen-bond donors (Lipinski definition) is 2. The third-order valence-corrected chi connectivity index (χ3v) is 3.65. The highest BCUT2D eigenvalue weighted by Crippen LogP contribution is 2.11. The summed E-state index contributed by atoms with van der Waals surface area (Å²) in [5, 5.41) is 5.17. The first-order valence-electron chi connectivity index (χ1n) is 7.91. The molecule has 0 bridgehead atoms. The van der Waals surface area contributed by atoms with E-state index in [1.165, 1.54) is 26.4 Å². The van der Waals surface area contributed by atoms with E-state index >= 15 is 0 Å². The Morgan fingerprint density at radius 1 is 0.923 bits per heavy atom. The fourth-order valence-corrected chi connectivity index (χ4v) is 2.30. The molecule has 136 valence electrons. The van der Waals surface area contributed by atoms with E-state index in [4.69, 9.17) is 4.74 Å². The van der Waals surface area contributed by atoms with Gasteiger partial charge in [0, 0.05) is 17.7 Å². The zero-order chi connectivity index (χ0) is 18.9. The van der Waals surface area contributed by atoms with E-state index in [2.05, 4.69) is 15.4 Å². The Balaban J connectivity index is 2.06. The van der Waals surface area contributed by atoms with Gasteiger partial charge in [-0.25, -0.2) is 9.59 Å². The quantitative estimate of drug-likeness (QED) is 0.775. The van der Waals surface area contributed by atoms with E-state index in [0.29, 0.717) is 17.7 Å². The number of carbonyl (C=O) groups is 3. The van der Waals surface area contributed by atoms with Gasteiger partial charge in [0.25, 0.3) is 5.91 Å². The summed E-state index contributed by atoms with van der Waals surface area (Å²) in [4.78, 5) is 35.6. The predicted molar refractivity (Wildman–Crippen MR) is 95.9 cm³/mol. The van der Waals surface area contributed by atoms with Crippen molar-refractivity contribution in [2.75, 3.05) is 19.5 Å². The first-order chi connectivity index (χ1) is 12.5. The molecule has 0 spiro atoms. The van der Waals surface area contributed by atoms with E-state index in [0.717, 1.165) is 5.56 Å². The number of methoxy groups -OCH3 is 2. The maximum atomic E-state index is 12.4. The Hall–Kier alpha value is -3.35. The fraction of sp³-hybridized carbons (Fsp3) is 0.211. The van der Waals surface area contributed by atoms with Crippen molar-refractivity contribution in [1.29, 1.82) is 0 Å². The molecule has 26 heavy (non-hydrogen) atoms. The van der Waals surface area contributed by atoms with Crippen LogP contribution in [0, 0.1) is 0 Å². The van der Waals surface area contributed by atoms with Gasteiger partial charge in [-0.2, -0.15) is 0 Å². The third kappa shape index (κ3) is 5.34. The van der Waals surface area contributed by atoms with Gasteiger partial charge in [-0.15, -0.1) is 0 Å². The normalized spacial score (nSPS) is 11.2. The summed E-state index contributed by atoms with van der Waals surface area (Å²) in [6.07, 6.45) is -0.280. The molecular weight excluding hydrogens is 336 g/mol. The van der Waals surface area contributed by atoms with Gasteiger partial charge in [-0.3, -0.25) is 10.1 Å². The monoisotopic (exact) mass is 356 g/mol. The molecule has 0 aliphatic heterocycles. The molecule has 0 radical (unpaired) electrons. The topological polar surface area (TPSA) is 93.7 Å². The summed E-state index contributed by atoms with van der Waals surface area (Å²) in [7, 11) is 2.54. The van der Waals surface area contributed by atoms with Crippen LogP contribution in [-0.2, 0) is 20.7 Å². The van der Waals surface area contributed by atoms with Gasteiger partial charge in [0.05, 0.1) is 14.2 Å². The average molecular weight is 356 g/mol. The molecule has 0 fully saturated rings. The number of rotatable bonds is 6. The first kappa shape index (κ1) is 19.0. The second-order valence-electron chi connectivity index (χ2n) is 5.43. The number of esters is 1. The van der Waals surface area contributed by atoms with Gasteiger partial charge in [0.1, 0.15) is 6.04 Å². The lowest BCUT2D eigenvalue weighted by Gasteiger charge is -2.17. The molecule has 2 aromatic rings. The van der Waals surface area contributed by atoms with Crippen LogP contribution in [0.25, 0.3) is 0 Å². The average Bonchev–Trinajstić information content (AvgIpc) is 2.68. The van der Waals surface area contributed by atoms with Crippen LogP contribution in [0.4, 0.5) is 10.5 Å². The summed E-state index contributed by atoms with van der Waals surface area (Å²) in [5.74, 6) is -0.938. The summed E-state index contributed by atoms with van der Waals surface area (Å²) in [6.45, 7) is 0. The highest BCUT2D eigenvalue weighted by molar-refractivity contribution is 5.97. The Morgan fingerprint density at radius 3 is 2.15 bits per heavy atom. The maximum absolute atomic E-state index is 12.4. The lowest BCUT2D eigenvalue weighted by atomic mass is 10.1. The Morgan fingerprint density at radius 2 is 1.58 bits per heavy atom. The molecule has 7 nitrogen and oxygen atoms in total. The van der Waals surface area contributed by atoms with Gasteiger partial charge in [-0.05, 0) is 29.8 Å². The molecule has 0 saturated carbocycles. The summed E-state index contributed by atoms with van der Waals surface area (Å²) in [6, 6.07) is 14.7. The molecule has 0 aliphatic rings. The number of ether oxygens (including phenoxy) is 2. The number of hydrogen-bond acceptors (Lipinski definition) is 5. The molecule has 0 aliphatic carbocycles. The first-order valence-corrected chi connectivity index (χ1v) is 7.91. The van der Waals surface area contributed by atoms with E-state index in [-0.39, 0.29) is 0 Å². The Kier molecular flexibility index (Phi) is 6.73. The lowest BCUT2D eigenvalue weighted by Crippen LogP contribution is -2.43.